The standard InChI is InChI=1S/C9H18O2/c1-3-8-4-6-9(2,11-10)7-5-8/h8,10H,3-7H2,1-2H3. The van der Waals surface area contributed by atoms with Gasteiger partial charge in [-0.2, -0.15) is 0 Å². The lowest BCUT2D eigenvalue weighted by Gasteiger charge is -2.33. The molecule has 1 aliphatic rings. The molecule has 1 saturated carbocycles. The van der Waals surface area contributed by atoms with E-state index in [-0.39, 0.29) is 5.60 Å². The largest absolute Gasteiger partial charge is 0.251 e. The van der Waals surface area contributed by atoms with Crippen molar-refractivity contribution in [2.24, 2.45) is 5.92 Å². The highest BCUT2D eigenvalue weighted by molar-refractivity contribution is 4.81. The molecule has 0 aromatic heterocycles. The van der Waals surface area contributed by atoms with E-state index in [9.17, 15) is 0 Å². The van der Waals surface area contributed by atoms with Crippen molar-refractivity contribution in [1.82, 2.24) is 0 Å². The van der Waals surface area contributed by atoms with Gasteiger partial charge in [0.15, 0.2) is 0 Å². The quantitative estimate of drug-likeness (QED) is 0.494. The first kappa shape index (κ1) is 9.01. The van der Waals surface area contributed by atoms with Gasteiger partial charge in [-0.1, -0.05) is 13.3 Å². The van der Waals surface area contributed by atoms with Gasteiger partial charge in [0, 0.05) is 0 Å². The van der Waals surface area contributed by atoms with Crippen molar-refractivity contribution < 1.29 is 10.1 Å². The van der Waals surface area contributed by atoms with Crippen molar-refractivity contribution >= 4 is 0 Å². The zero-order chi connectivity index (χ0) is 8.32. The summed E-state index contributed by atoms with van der Waals surface area (Å²) in [6, 6.07) is 0. The Hall–Kier alpha value is -0.0800. The van der Waals surface area contributed by atoms with Crippen LogP contribution in [-0.2, 0) is 4.89 Å². The first-order valence-corrected chi connectivity index (χ1v) is 4.53. The monoisotopic (exact) mass is 158 g/mol. The predicted octanol–water partition coefficient (Wildman–Crippen LogP) is 2.83. The van der Waals surface area contributed by atoms with Gasteiger partial charge in [0.2, 0.25) is 0 Å². The van der Waals surface area contributed by atoms with Gasteiger partial charge in [0.25, 0.3) is 0 Å². The molecule has 1 rings (SSSR count). The molecule has 0 spiro atoms. The molecule has 0 aliphatic heterocycles. The van der Waals surface area contributed by atoms with Crippen LogP contribution in [-0.4, -0.2) is 10.9 Å². The lowest BCUT2D eigenvalue weighted by Crippen LogP contribution is -2.32. The van der Waals surface area contributed by atoms with Crippen LogP contribution < -0.4 is 0 Å². The van der Waals surface area contributed by atoms with Gasteiger partial charge in [0.1, 0.15) is 5.60 Å². The van der Waals surface area contributed by atoms with E-state index in [0.29, 0.717) is 0 Å². The Kier molecular flexibility index (Phi) is 2.90. The summed E-state index contributed by atoms with van der Waals surface area (Å²) in [5.41, 5.74) is -0.244. The van der Waals surface area contributed by atoms with E-state index in [1.54, 1.807) is 0 Å². The van der Waals surface area contributed by atoms with Gasteiger partial charge in [0.05, 0.1) is 0 Å². The average molecular weight is 158 g/mol. The molecule has 0 aromatic rings. The Morgan fingerprint density at radius 2 is 2.00 bits per heavy atom. The maximum Gasteiger partial charge on any atom is 0.101 e. The van der Waals surface area contributed by atoms with Gasteiger partial charge in [-0.15, -0.1) is 0 Å². The molecule has 0 saturated heterocycles. The zero-order valence-electron chi connectivity index (χ0n) is 7.47. The fourth-order valence-electron chi connectivity index (χ4n) is 1.79. The molecule has 1 aliphatic carbocycles. The first-order chi connectivity index (χ1) is 5.20. The molecule has 0 heterocycles. The molecule has 0 radical (unpaired) electrons. The van der Waals surface area contributed by atoms with E-state index >= 15 is 0 Å². The lowest BCUT2D eigenvalue weighted by atomic mass is 9.79. The molecular formula is C9H18O2. The minimum Gasteiger partial charge on any atom is -0.251 e. The molecule has 0 unspecified atom stereocenters. The Morgan fingerprint density at radius 3 is 2.36 bits per heavy atom. The van der Waals surface area contributed by atoms with Gasteiger partial charge in [-0.05, 0) is 38.5 Å². The van der Waals surface area contributed by atoms with Crippen LogP contribution in [0.15, 0.2) is 0 Å². The van der Waals surface area contributed by atoms with E-state index in [2.05, 4.69) is 11.8 Å². The molecule has 0 atom stereocenters. The molecule has 11 heavy (non-hydrogen) atoms. The van der Waals surface area contributed by atoms with Crippen LogP contribution in [0.4, 0.5) is 0 Å². The van der Waals surface area contributed by atoms with Gasteiger partial charge in [-0.25, -0.2) is 4.89 Å². The van der Waals surface area contributed by atoms with E-state index in [4.69, 9.17) is 5.26 Å². The molecule has 2 heteroatoms. The molecule has 66 valence electrons. The fraction of sp³-hybridized carbons (Fsp3) is 1.00. The summed E-state index contributed by atoms with van der Waals surface area (Å²) >= 11 is 0. The topological polar surface area (TPSA) is 29.5 Å². The second-order valence-electron chi connectivity index (χ2n) is 3.89. The second-order valence-corrected chi connectivity index (χ2v) is 3.89. The van der Waals surface area contributed by atoms with Crippen molar-refractivity contribution in [3.63, 3.8) is 0 Å². The summed E-state index contributed by atoms with van der Waals surface area (Å²) in [6.07, 6.45) is 5.67. The maximum absolute atomic E-state index is 8.61. The van der Waals surface area contributed by atoms with Crippen LogP contribution in [0, 0.1) is 5.92 Å². The third-order valence-corrected chi connectivity index (χ3v) is 2.96. The maximum atomic E-state index is 8.61. The van der Waals surface area contributed by atoms with Crippen LogP contribution in [0.2, 0.25) is 0 Å². The van der Waals surface area contributed by atoms with Crippen molar-refractivity contribution in [2.45, 2.75) is 51.6 Å². The lowest BCUT2D eigenvalue weighted by molar-refractivity contribution is -0.326. The van der Waals surface area contributed by atoms with Crippen LogP contribution in [0.1, 0.15) is 46.0 Å². The van der Waals surface area contributed by atoms with Gasteiger partial charge < -0.3 is 0 Å². The average Bonchev–Trinajstić information content (AvgIpc) is 2.06. The van der Waals surface area contributed by atoms with Crippen LogP contribution in [0.5, 0.6) is 0 Å². The molecule has 0 bridgehead atoms. The molecule has 1 N–H and O–H groups in total. The Balaban J connectivity index is 2.35. The van der Waals surface area contributed by atoms with Crippen LogP contribution in [0.25, 0.3) is 0 Å². The van der Waals surface area contributed by atoms with E-state index in [1.165, 1.54) is 19.3 Å². The first-order valence-electron chi connectivity index (χ1n) is 4.53. The van der Waals surface area contributed by atoms with Crippen LogP contribution in [0.3, 0.4) is 0 Å². The molecule has 0 aromatic carbocycles. The summed E-state index contributed by atoms with van der Waals surface area (Å²) in [6.45, 7) is 4.21. The summed E-state index contributed by atoms with van der Waals surface area (Å²) < 4.78 is 0. The van der Waals surface area contributed by atoms with E-state index < -0.39 is 0 Å². The minimum atomic E-state index is -0.244. The Labute approximate surface area is 68.5 Å². The van der Waals surface area contributed by atoms with Crippen molar-refractivity contribution in [3.05, 3.63) is 0 Å². The van der Waals surface area contributed by atoms with Crippen molar-refractivity contribution in [1.29, 1.82) is 0 Å². The molecule has 0 amide bonds. The number of hydrogen-bond acceptors (Lipinski definition) is 2. The van der Waals surface area contributed by atoms with E-state index in [0.717, 1.165) is 18.8 Å². The Bertz CT molecular complexity index is 115. The molecule has 1 fully saturated rings. The highest BCUT2D eigenvalue weighted by atomic mass is 17.1. The highest BCUT2D eigenvalue weighted by Gasteiger charge is 2.31. The summed E-state index contributed by atoms with van der Waals surface area (Å²) in [7, 11) is 0. The Morgan fingerprint density at radius 1 is 1.45 bits per heavy atom. The molecule has 2 nitrogen and oxygen atoms in total. The smallest absolute Gasteiger partial charge is 0.101 e. The normalized spacial score (nSPS) is 39.0. The van der Waals surface area contributed by atoms with E-state index in [1.807, 2.05) is 6.92 Å². The summed E-state index contributed by atoms with van der Waals surface area (Å²) in [5.74, 6) is 0.859. The molecular weight excluding hydrogens is 140 g/mol. The van der Waals surface area contributed by atoms with Crippen molar-refractivity contribution in [2.75, 3.05) is 0 Å². The SMILES string of the molecule is CCC1CCC(C)(OO)CC1. The number of hydrogen-bond donors (Lipinski definition) is 1. The zero-order valence-corrected chi connectivity index (χ0v) is 7.47. The third kappa shape index (κ3) is 2.17. The van der Waals surface area contributed by atoms with Gasteiger partial charge >= 0.3 is 0 Å². The van der Waals surface area contributed by atoms with Crippen molar-refractivity contribution in [3.8, 4) is 0 Å². The highest BCUT2D eigenvalue weighted by Crippen LogP contribution is 2.35. The summed E-state index contributed by atoms with van der Waals surface area (Å²) in [4.78, 5) is 4.47. The van der Waals surface area contributed by atoms with Gasteiger partial charge in [-0.3, -0.25) is 5.26 Å². The third-order valence-electron chi connectivity index (χ3n) is 2.96. The minimum absolute atomic E-state index is 0.244. The number of rotatable bonds is 2. The predicted molar refractivity (Wildman–Crippen MR) is 44.4 cm³/mol. The second kappa shape index (κ2) is 3.55. The summed E-state index contributed by atoms with van der Waals surface area (Å²) in [5, 5.41) is 8.61. The fourth-order valence-corrected chi connectivity index (χ4v) is 1.79. The van der Waals surface area contributed by atoms with Crippen LogP contribution >= 0.6 is 0 Å².